The fourth-order valence-electron chi connectivity index (χ4n) is 3.01. The molecule has 0 aliphatic carbocycles. The SMILES string of the molecule is CCc1c(OC)oc(CCCCCCCCCC(C)O)c(C)c1=O. The van der Waals surface area contributed by atoms with Crippen LogP contribution in [-0.4, -0.2) is 18.3 Å². The van der Waals surface area contributed by atoms with Gasteiger partial charge in [0.2, 0.25) is 0 Å². The fraction of sp³-hybridized carbons (Fsp3) is 0.750. The first-order chi connectivity index (χ1) is 11.5. The molecule has 4 heteroatoms. The van der Waals surface area contributed by atoms with E-state index >= 15 is 0 Å². The van der Waals surface area contributed by atoms with Gasteiger partial charge in [-0.25, -0.2) is 0 Å². The zero-order valence-corrected chi connectivity index (χ0v) is 15.8. The molecule has 0 fully saturated rings. The number of aryl methyl sites for hydroxylation is 1. The summed E-state index contributed by atoms with van der Waals surface area (Å²) in [7, 11) is 1.55. The Hall–Kier alpha value is -1.29. The van der Waals surface area contributed by atoms with Crippen LogP contribution in [0.4, 0.5) is 0 Å². The molecule has 1 heterocycles. The van der Waals surface area contributed by atoms with Crippen LogP contribution in [0.1, 0.15) is 82.1 Å². The second-order valence-corrected chi connectivity index (χ2v) is 6.67. The van der Waals surface area contributed by atoms with E-state index in [-0.39, 0.29) is 11.5 Å². The summed E-state index contributed by atoms with van der Waals surface area (Å²) in [5.41, 5.74) is 1.43. The van der Waals surface area contributed by atoms with Crippen molar-refractivity contribution in [3.05, 3.63) is 27.1 Å². The van der Waals surface area contributed by atoms with Crippen molar-refractivity contribution in [2.75, 3.05) is 7.11 Å². The molecule has 24 heavy (non-hydrogen) atoms. The normalized spacial score (nSPS) is 12.4. The summed E-state index contributed by atoms with van der Waals surface area (Å²) in [4.78, 5) is 12.3. The molecule has 1 atom stereocenters. The average molecular weight is 338 g/mol. The van der Waals surface area contributed by atoms with Crippen molar-refractivity contribution in [2.45, 2.75) is 91.1 Å². The predicted octanol–water partition coefficient (Wildman–Crippen LogP) is 4.56. The van der Waals surface area contributed by atoms with Gasteiger partial charge in [0.15, 0.2) is 5.43 Å². The molecule has 0 radical (unpaired) electrons. The van der Waals surface area contributed by atoms with Gasteiger partial charge in [0.1, 0.15) is 5.76 Å². The van der Waals surface area contributed by atoms with Crippen LogP contribution in [0, 0.1) is 6.92 Å². The van der Waals surface area contributed by atoms with E-state index in [0.717, 1.165) is 43.4 Å². The zero-order chi connectivity index (χ0) is 17.9. The van der Waals surface area contributed by atoms with Crippen LogP contribution in [0.25, 0.3) is 0 Å². The molecular weight excluding hydrogens is 304 g/mol. The molecule has 0 aliphatic heterocycles. The highest BCUT2D eigenvalue weighted by atomic mass is 16.6. The summed E-state index contributed by atoms with van der Waals surface area (Å²) in [6.45, 7) is 5.64. The molecule has 1 rings (SSSR count). The standard InChI is InChI=1S/C20H34O4/c1-5-17-19(22)16(3)18(24-20(17)23-4)14-12-10-8-6-7-9-11-13-15(2)21/h15,21H,5-14H2,1-4H3. The van der Waals surface area contributed by atoms with Crippen LogP contribution in [0.2, 0.25) is 0 Å². The molecule has 0 saturated heterocycles. The summed E-state index contributed by atoms with van der Waals surface area (Å²) in [5, 5.41) is 9.21. The molecule has 0 bridgehead atoms. The highest BCUT2D eigenvalue weighted by molar-refractivity contribution is 5.30. The first-order valence-electron chi connectivity index (χ1n) is 9.38. The van der Waals surface area contributed by atoms with Crippen molar-refractivity contribution in [3.8, 4) is 5.95 Å². The van der Waals surface area contributed by atoms with E-state index < -0.39 is 0 Å². The van der Waals surface area contributed by atoms with Crippen molar-refractivity contribution in [1.29, 1.82) is 0 Å². The number of methoxy groups -OCH3 is 1. The molecule has 0 spiro atoms. The molecule has 0 aromatic carbocycles. The highest BCUT2D eigenvalue weighted by Gasteiger charge is 2.15. The summed E-state index contributed by atoms with van der Waals surface area (Å²) in [6.07, 6.45) is 10.4. The molecule has 1 aromatic heterocycles. The van der Waals surface area contributed by atoms with Crippen LogP contribution >= 0.6 is 0 Å². The summed E-state index contributed by atoms with van der Waals surface area (Å²) < 4.78 is 11.0. The Bertz CT molecular complexity index is 531. The Balaban J connectivity index is 2.33. The molecular formula is C20H34O4. The van der Waals surface area contributed by atoms with E-state index in [1.54, 1.807) is 7.11 Å². The second-order valence-electron chi connectivity index (χ2n) is 6.67. The quantitative estimate of drug-likeness (QED) is 0.567. The lowest BCUT2D eigenvalue weighted by atomic mass is 10.0. The largest absolute Gasteiger partial charge is 0.468 e. The third-order valence-corrected chi connectivity index (χ3v) is 4.56. The van der Waals surface area contributed by atoms with Gasteiger partial charge >= 0.3 is 0 Å². The third kappa shape index (κ3) is 6.68. The minimum Gasteiger partial charge on any atom is -0.468 e. The van der Waals surface area contributed by atoms with E-state index in [2.05, 4.69) is 0 Å². The Morgan fingerprint density at radius 2 is 1.67 bits per heavy atom. The Morgan fingerprint density at radius 1 is 1.08 bits per heavy atom. The van der Waals surface area contributed by atoms with Crippen LogP contribution in [0.15, 0.2) is 9.21 Å². The van der Waals surface area contributed by atoms with Crippen LogP contribution < -0.4 is 10.2 Å². The van der Waals surface area contributed by atoms with Gasteiger partial charge in [-0.05, 0) is 33.1 Å². The number of ether oxygens (including phenoxy) is 1. The van der Waals surface area contributed by atoms with E-state index in [9.17, 15) is 9.90 Å². The molecule has 0 saturated carbocycles. The second kappa shape index (κ2) is 11.3. The van der Waals surface area contributed by atoms with Gasteiger partial charge in [0, 0.05) is 12.0 Å². The fourth-order valence-corrected chi connectivity index (χ4v) is 3.01. The number of hydrogen-bond donors (Lipinski definition) is 1. The number of hydrogen-bond acceptors (Lipinski definition) is 4. The molecule has 4 nitrogen and oxygen atoms in total. The number of rotatable bonds is 12. The Morgan fingerprint density at radius 3 is 2.21 bits per heavy atom. The predicted molar refractivity (Wildman–Crippen MR) is 98.0 cm³/mol. The topological polar surface area (TPSA) is 59.7 Å². The van der Waals surface area contributed by atoms with Gasteiger partial charge in [-0.15, -0.1) is 0 Å². The third-order valence-electron chi connectivity index (χ3n) is 4.56. The van der Waals surface area contributed by atoms with Gasteiger partial charge in [-0.1, -0.05) is 45.4 Å². The van der Waals surface area contributed by atoms with E-state index in [0.29, 0.717) is 17.9 Å². The minimum absolute atomic E-state index is 0.0636. The lowest BCUT2D eigenvalue weighted by molar-refractivity contribution is 0.180. The minimum atomic E-state index is -0.168. The van der Waals surface area contributed by atoms with Crippen molar-refractivity contribution in [1.82, 2.24) is 0 Å². The molecule has 1 N–H and O–H groups in total. The lowest BCUT2D eigenvalue weighted by Gasteiger charge is -2.10. The smallest absolute Gasteiger partial charge is 0.291 e. The van der Waals surface area contributed by atoms with Gasteiger partial charge in [0.05, 0.1) is 18.8 Å². The maximum Gasteiger partial charge on any atom is 0.291 e. The maximum absolute atomic E-state index is 12.3. The highest BCUT2D eigenvalue weighted by Crippen LogP contribution is 2.21. The summed E-state index contributed by atoms with van der Waals surface area (Å²) >= 11 is 0. The summed E-state index contributed by atoms with van der Waals surface area (Å²) in [6, 6.07) is 0. The maximum atomic E-state index is 12.3. The van der Waals surface area contributed by atoms with Gasteiger partial charge in [0.25, 0.3) is 5.95 Å². The molecule has 138 valence electrons. The molecule has 0 amide bonds. The van der Waals surface area contributed by atoms with Crippen molar-refractivity contribution in [3.63, 3.8) is 0 Å². The molecule has 0 aliphatic rings. The van der Waals surface area contributed by atoms with Gasteiger partial charge in [-0.2, -0.15) is 0 Å². The van der Waals surface area contributed by atoms with Gasteiger partial charge < -0.3 is 14.3 Å². The monoisotopic (exact) mass is 338 g/mol. The lowest BCUT2D eigenvalue weighted by Crippen LogP contribution is -2.15. The van der Waals surface area contributed by atoms with E-state index in [4.69, 9.17) is 9.15 Å². The van der Waals surface area contributed by atoms with Crippen molar-refractivity contribution in [2.24, 2.45) is 0 Å². The first-order valence-corrected chi connectivity index (χ1v) is 9.38. The average Bonchev–Trinajstić information content (AvgIpc) is 2.56. The Labute approximate surface area is 146 Å². The van der Waals surface area contributed by atoms with E-state index in [1.165, 1.54) is 25.7 Å². The Kier molecular flexibility index (Phi) is 9.77. The van der Waals surface area contributed by atoms with Crippen LogP contribution in [0.5, 0.6) is 5.95 Å². The molecule has 1 aromatic rings. The number of unbranched alkanes of at least 4 members (excludes halogenated alkanes) is 6. The number of aliphatic hydroxyl groups is 1. The van der Waals surface area contributed by atoms with Crippen LogP contribution in [0.3, 0.4) is 0 Å². The number of aliphatic hydroxyl groups excluding tert-OH is 1. The van der Waals surface area contributed by atoms with E-state index in [1.807, 2.05) is 20.8 Å². The van der Waals surface area contributed by atoms with Gasteiger partial charge in [-0.3, -0.25) is 4.79 Å². The zero-order valence-electron chi connectivity index (χ0n) is 15.8. The van der Waals surface area contributed by atoms with Crippen molar-refractivity contribution < 1.29 is 14.3 Å². The summed E-state index contributed by atoms with van der Waals surface area (Å²) in [5.74, 6) is 1.15. The molecule has 1 unspecified atom stereocenters. The first kappa shape index (κ1) is 20.8. The van der Waals surface area contributed by atoms with Crippen molar-refractivity contribution >= 4 is 0 Å². The van der Waals surface area contributed by atoms with Crippen LogP contribution in [-0.2, 0) is 12.8 Å².